The Bertz CT molecular complexity index is 755. The van der Waals surface area contributed by atoms with Crippen molar-refractivity contribution in [1.82, 2.24) is 0 Å². The number of aliphatic hydroxyl groups excluding tert-OH is 1. The van der Waals surface area contributed by atoms with Crippen LogP contribution >= 0.6 is 0 Å². The van der Waals surface area contributed by atoms with Crippen LogP contribution in [0.3, 0.4) is 0 Å². The van der Waals surface area contributed by atoms with Gasteiger partial charge in [0.05, 0.1) is 12.2 Å². The number of aromatic hydroxyl groups is 2. The molecule has 2 aliphatic heterocycles. The Balaban J connectivity index is 1.89. The highest BCUT2D eigenvalue weighted by molar-refractivity contribution is 5.94. The van der Waals surface area contributed by atoms with Crippen LogP contribution in [-0.4, -0.2) is 51.5 Å². The number of ether oxygens (including phenoxy) is 3. The van der Waals surface area contributed by atoms with E-state index in [2.05, 4.69) is 0 Å². The average molecular weight is 392 g/mol. The number of phenolic OH excluding ortho intramolecular Hbond substituents is 2. The van der Waals surface area contributed by atoms with E-state index in [0.29, 0.717) is 24.8 Å². The SMILES string of the molecule is C[C@H]1C/C=C/[C@H]2OC(C)(C)O[C@H]2CCC(O)Cc2cc(O)cc(O)c2C(=O)O1. The van der Waals surface area contributed by atoms with E-state index in [-0.39, 0.29) is 35.7 Å². The Kier molecular flexibility index (Phi) is 5.98. The fourth-order valence-corrected chi connectivity index (χ4v) is 3.72. The Labute approximate surface area is 164 Å². The van der Waals surface area contributed by atoms with E-state index in [4.69, 9.17) is 14.2 Å². The second kappa shape index (κ2) is 8.11. The normalized spacial score (nSPS) is 31.9. The Morgan fingerprint density at radius 3 is 2.64 bits per heavy atom. The molecule has 1 aromatic carbocycles. The molecule has 7 nitrogen and oxygen atoms in total. The third-order valence-electron chi connectivity index (χ3n) is 4.95. The highest BCUT2D eigenvalue weighted by Gasteiger charge is 2.39. The van der Waals surface area contributed by atoms with Gasteiger partial charge >= 0.3 is 5.97 Å². The minimum absolute atomic E-state index is 0.0239. The molecule has 0 saturated carbocycles. The van der Waals surface area contributed by atoms with E-state index in [9.17, 15) is 20.1 Å². The molecule has 1 saturated heterocycles. The van der Waals surface area contributed by atoms with Gasteiger partial charge in [-0.2, -0.15) is 0 Å². The van der Waals surface area contributed by atoms with Crippen LogP contribution in [0.15, 0.2) is 24.3 Å². The maximum atomic E-state index is 12.6. The summed E-state index contributed by atoms with van der Waals surface area (Å²) in [4.78, 5) is 12.6. The number of phenols is 2. The number of esters is 1. The van der Waals surface area contributed by atoms with Gasteiger partial charge in [0.25, 0.3) is 0 Å². The van der Waals surface area contributed by atoms with Gasteiger partial charge in [-0.3, -0.25) is 0 Å². The van der Waals surface area contributed by atoms with Crippen LogP contribution in [0.5, 0.6) is 11.5 Å². The molecule has 0 aromatic heterocycles. The van der Waals surface area contributed by atoms with E-state index < -0.39 is 24.0 Å². The van der Waals surface area contributed by atoms with Crippen molar-refractivity contribution in [1.29, 1.82) is 0 Å². The fraction of sp³-hybridized carbons (Fsp3) is 0.571. The van der Waals surface area contributed by atoms with Gasteiger partial charge in [-0.15, -0.1) is 0 Å². The predicted molar refractivity (Wildman–Crippen MR) is 101 cm³/mol. The van der Waals surface area contributed by atoms with Crippen molar-refractivity contribution in [3.8, 4) is 11.5 Å². The van der Waals surface area contributed by atoms with Gasteiger partial charge in [-0.1, -0.05) is 12.2 Å². The summed E-state index contributed by atoms with van der Waals surface area (Å²) in [5, 5.41) is 30.5. The first-order valence-electron chi connectivity index (χ1n) is 9.61. The van der Waals surface area contributed by atoms with Gasteiger partial charge in [-0.25, -0.2) is 4.79 Å². The van der Waals surface area contributed by atoms with Gasteiger partial charge in [-0.05, 0) is 51.7 Å². The highest BCUT2D eigenvalue weighted by atomic mass is 16.7. The minimum Gasteiger partial charge on any atom is -0.508 e. The predicted octanol–water partition coefficient (Wildman–Crippen LogP) is 2.81. The molecule has 4 atom stereocenters. The Morgan fingerprint density at radius 1 is 1.14 bits per heavy atom. The molecule has 0 amide bonds. The molecule has 154 valence electrons. The first-order chi connectivity index (χ1) is 13.1. The summed E-state index contributed by atoms with van der Waals surface area (Å²) in [5.41, 5.74) is 0.319. The second-order valence-electron chi connectivity index (χ2n) is 7.95. The maximum Gasteiger partial charge on any atom is 0.342 e. The highest BCUT2D eigenvalue weighted by Crippen LogP contribution is 2.33. The topological polar surface area (TPSA) is 105 Å². The number of benzene rings is 1. The smallest absolute Gasteiger partial charge is 0.342 e. The fourth-order valence-electron chi connectivity index (χ4n) is 3.72. The van der Waals surface area contributed by atoms with E-state index in [0.717, 1.165) is 6.07 Å². The van der Waals surface area contributed by atoms with Crippen LogP contribution in [0.4, 0.5) is 0 Å². The zero-order chi connectivity index (χ0) is 20.5. The summed E-state index contributed by atoms with van der Waals surface area (Å²) >= 11 is 0. The quantitative estimate of drug-likeness (QED) is 0.460. The minimum atomic E-state index is -0.787. The monoisotopic (exact) mass is 392 g/mol. The number of aliphatic hydroxyl groups is 1. The van der Waals surface area contributed by atoms with Crippen molar-refractivity contribution in [2.24, 2.45) is 0 Å². The third kappa shape index (κ3) is 4.84. The van der Waals surface area contributed by atoms with E-state index in [1.54, 1.807) is 6.92 Å². The van der Waals surface area contributed by atoms with Crippen LogP contribution in [-0.2, 0) is 20.6 Å². The van der Waals surface area contributed by atoms with Crippen LogP contribution in [0.1, 0.15) is 56.0 Å². The lowest BCUT2D eigenvalue weighted by atomic mass is 9.96. The number of fused-ring (bicyclic) bond motifs is 2. The number of carbonyl (C=O) groups is 1. The molecule has 3 N–H and O–H groups in total. The first kappa shape index (κ1) is 20.6. The molecule has 2 aliphatic rings. The largest absolute Gasteiger partial charge is 0.508 e. The van der Waals surface area contributed by atoms with Crippen LogP contribution in [0, 0.1) is 0 Å². The van der Waals surface area contributed by atoms with Crippen molar-refractivity contribution in [2.75, 3.05) is 0 Å². The first-order valence-corrected chi connectivity index (χ1v) is 9.61. The van der Waals surface area contributed by atoms with Gasteiger partial charge in [0, 0.05) is 12.5 Å². The van der Waals surface area contributed by atoms with Gasteiger partial charge in [0.1, 0.15) is 29.3 Å². The summed E-state index contributed by atoms with van der Waals surface area (Å²) in [6.07, 6.45) is 3.71. The van der Waals surface area contributed by atoms with Crippen molar-refractivity contribution < 1.29 is 34.3 Å². The maximum absolute atomic E-state index is 12.6. The molecule has 0 aliphatic carbocycles. The summed E-state index contributed by atoms with van der Waals surface area (Å²) in [5.74, 6) is -1.93. The van der Waals surface area contributed by atoms with E-state index in [1.165, 1.54) is 6.07 Å². The molecule has 2 heterocycles. The van der Waals surface area contributed by atoms with E-state index >= 15 is 0 Å². The van der Waals surface area contributed by atoms with Gasteiger partial charge in [0.15, 0.2) is 5.79 Å². The molecule has 0 radical (unpaired) electrons. The number of hydrogen-bond acceptors (Lipinski definition) is 7. The van der Waals surface area contributed by atoms with Crippen molar-refractivity contribution in [3.63, 3.8) is 0 Å². The molecule has 7 heteroatoms. The molecule has 28 heavy (non-hydrogen) atoms. The lowest BCUT2D eigenvalue weighted by Crippen LogP contribution is -2.25. The average Bonchev–Trinajstić information content (AvgIpc) is 2.85. The van der Waals surface area contributed by atoms with Crippen molar-refractivity contribution in [2.45, 2.75) is 76.7 Å². The standard InChI is InChI=1S/C21H28O7/c1-12-5-4-6-17-18(28-21(2,3)27-17)8-7-14(22)9-13-10-15(23)11-16(24)19(13)20(25)26-12/h4,6,10-12,14,17-18,22-24H,5,7-9H2,1-3H3/b6-4+/t12-,14?,17+,18-/m0/s1. The van der Waals surface area contributed by atoms with Crippen molar-refractivity contribution in [3.05, 3.63) is 35.4 Å². The molecule has 0 bridgehead atoms. The molecular formula is C21H28O7. The molecule has 1 fully saturated rings. The summed E-state index contributed by atoms with van der Waals surface area (Å²) in [6, 6.07) is 2.47. The summed E-state index contributed by atoms with van der Waals surface area (Å²) < 4.78 is 17.3. The van der Waals surface area contributed by atoms with Crippen molar-refractivity contribution >= 4 is 5.97 Å². The zero-order valence-corrected chi connectivity index (χ0v) is 16.4. The number of carbonyl (C=O) groups excluding carboxylic acids is 1. The van der Waals surface area contributed by atoms with Gasteiger partial charge < -0.3 is 29.5 Å². The Hall–Kier alpha value is -2.09. The number of cyclic esters (lactones) is 1. The Morgan fingerprint density at radius 2 is 1.89 bits per heavy atom. The molecule has 0 spiro atoms. The molecule has 3 rings (SSSR count). The third-order valence-corrected chi connectivity index (χ3v) is 4.95. The number of hydrogen-bond donors (Lipinski definition) is 3. The van der Waals surface area contributed by atoms with Crippen LogP contribution in [0.25, 0.3) is 0 Å². The lowest BCUT2D eigenvalue weighted by molar-refractivity contribution is -0.144. The summed E-state index contributed by atoms with van der Waals surface area (Å²) in [6.45, 7) is 5.46. The van der Waals surface area contributed by atoms with Crippen LogP contribution in [0.2, 0.25) is 0 Å². The molecular weight excluding hydrogens is 364 g/mol. The second-order valence-corrected chi connectivity index (χ2v) is 7.95. The lowest BCUT2D eigenvalue weighted by Gasteiger charge is -2.20. The molecule has 1 aromatic rings. The van der Waals surface area contributed by atoms with E-state index in [1.807, 2.05) is 26.0 Å². The van der Waals surface area contributed by atoms with Gasteiger partial charge in [0.2, 0.25) is 0 Å². The van der Waals surface area contributed by atoms with Crippen LogP contribution < -0.4 is 0 Å². The molecule has 1 unspecified atom stereocenters. The summed E-state index contributed by atoms with van der Waals surface area (Å²) in [7, 11) is 0. The number of rotatable bonds is 0. The zero-order valence-electron chi connectivity index (χ0n) is 16.4.